The molecule has 0 amide bonds. The molecule has 6 heteroatoms. The molecule has 0 saturated heterocycles. The first-order valence-corrected chi connectivity index (χ1v) is 13.1. The standard InChI is InChI=1S/C29H24N3.C5H8O2.Ir/c1-28(2)25-21-12-8-7-10-19(21)15-22(23-16-18-9-5-6-11-20(18)17-32-23)24(25)26-27(29(28,3)4)31-14-13-30-26;1-4(6)3-5(2)7;/h5-14,16-17H,1-4H3;3,6H,1-2H3;/q-1;;/b;4-3-;. The number of nitrogens with zero attached hydrogens (tertiary/aromatic N) is 3. The zero-order valence-electron chi connectivity index (χ0n) is 23.5. The number of allylic oxidation sites excluding steroid dienone is 2. The second-order valence-corrected chi connectivity index (χ2v) is 11.1. The van der Waals surface area contributed by atoms with Crippen molar-refractivity contribution >= 4 is 27.3 Å². The van der Waals surface area contributed by atoms with Crippen LogP contribution in [0.2, 0.25) is 0 Å². The van der Waals surface area contributed by atoms with Crippen LogP contribution in [0.1, 0.15) is 52.8 Å². The zero-order chi connectivity index (χ0) is 27.9. The third-order valence-electron chi connectivity index (χ3n) is 7.97. The first kappa shape index (κ1) is 29.3. The van der Waals surface area contributed by atoms with E-state index in [1.165, 1.54) is 36.3 Å². The van der Waals surface area contributed by atoms with E-state index in [2.05, 4.69) is 82.3 Å². The van der Waals surface area contributed by atoms with Crippen molar-refractivity contribution in [3.63, 3.8) is 0 Å². The van der Waals surface area contributed by atoms with Crippen LogP contribution >= 0.6 is 0 Å². The van der Waals surface area contributed by atoms with E-state index in [4.69, 9.17) is 20.1 Å². The molecule has 0 fully saturated rings. The molecule has 1 aliphatic carbocycles. The number of aliphatic hydroxyl groups is 1. The molecular weight excluding hydrogens is 675 g/mol. The van der Waals surface area contributed by atoms with Crippen LogP contribution in [0.3, 0.4) is 0 Å². The van der Waals surface area contributed by atoms with Gasteiger partial charge in [0.25, 0.3) is 0 Å². The molecule has 5 nitrogen and oxygen atoms in total. The van der Waals surface area contributed by atoms with Crippen LogP contribution in [-0.2, 0) is 35.7 Å². The topological polar surface area (TPSA) is 76.0 Å². The predicted molar refractivity (Wildman–Crippen MR) is 158 cm³/mol. The summed E-state index contributed by atoms with van der Waals surface area (Å²) in [6.07, 6.45) is 6.72. The molecule has 1 radical (unpaired) electrons. The molecule has 0 bridgehead atoms. The summed E-state index contributed by atoms with van der Waals surface area (Å²) in [7, 11) is 0. The largest absolute Gasteiger partial charge is 0.512 e. The second-order valence-electron chi connectivity index (χ2n) is 11.1. The van der Waals surface area contributed by atoms with E-state index in [1.807, 2.05) is 12.3 Å². The fourth-order valence-electron chi connectivity index (χ4n) is 5.45. The summed E-state index contributed by atoms with van der Waals surface area (Å²) < 4.78 is 0. The smallest absolute Gasteiger partial charge is 0.155 e. The number of ketones is 1. The Kier molecular flexibility index (Phi) is 8.07. The summed E-state index contributed by atoms with van der Waals surface area (Å²) in [4.78, 5) is 24.6. The minimum absolute atomic E-state index is 0. The van der Waals surface area contributed by atoms with Gasteiger partial charge < -0.3 is 5.11 Å². The van der Waals surface area contributed by atoms with E-state index < -0.39 is 0 Å². The van der Waals surface area contributed by atoms with Crippen LogP contribution in [-0.4, -0.2) is 25.8 Å². The van der Waals surface area contributed by atoms with Crippen molar-refractivity contribution in [3.8, 4) is 22.5 Å². The van der Waals surface area contributed by atoms with Crippen LogP contribution in [0.15, 0.2) is 85.0 Å². The van der Waals surface area contributed by atoms with Crippen molar-refractivity contribution in [1.82, 2.24) is 15.0 Å². The van der Waals surface area contributed by atoms with Crippen LogP contribution in [0.4, 0.5) is 0 Å². The van der Waals surface area contributed by atoms with Gasteiger partial charge in [0.2, 0.25) is 0 Å². The molecular formula is C34H32IrN3O2-. The fourth-order valence-corrected chi connectivity index (χ4v) is 5.45. The van der Waals surface area contributed by atoms with Gasteiger partial charge in [0.1, 0.15) is 0 Å². The quantitative estimate of drug-likeness (QED) is 0.115. The Morgan fingerprint density at radius 2 is 1.52 bits per heavy atom. The number of hydrogen-bond acceptors (Lipinski definition) is 5. The SMILES string of the molecule is CC(=O)/C=C(/C)O.CC1(C)c2nccnc2-c2c(-c3cc4ccccc4cn3)[c-]c3ccccc3c2C1(C)C.[Ir]. The van der Waals surface area contributed by atoms with Crippen LogP contribution < -0.4 is 0 Å². The van der Waals surface area contributed by atoms with Gasteiger partial charge in [-0.15, -0.1) is 17.5 Å². The summed E-state index contributed by atoms with van der Waals surface area (Å²) in [5.74, 6) is -0.0625. The van der Waals surface area contributed by atoms with Crippen molar-refractivity contribution in [3.05, 3.63) is 102 Å². The molecule has 0 atom stereocenters. The van der Waals surface area contributed by atoms with Crippen LogP contribution in [0.5, 0.6) is 0 Å². The molecule has 0 aliphatic heterocycles. The van der Waals surface area contributed by atoms with Crippen molar-refractivity contribution in [2.45, 2.75) is 52.4 Å². The number of fused-ring (bicyclic) bond motifs is 6. The van der Waals surface area contributed by atoms with Crippen molar-refractivity contribution in [1.29, 1.82) is 0 Å². The van der Waals surface area contributed by atoms with E-state index in [0.717, 1.165) is 39.0 Å². The predicted octanol–water partition coefficient (Wildman–Crippen LogP) is 7.92. The number of pyridine rings is 1. The maximum absolute atomic E-state index is 10.0. The Balaban J connectivity index is 0.000000413. The molecule has 0 spiro atoms. The summed E-state index contributed by atoms with van der Waals surface area (Å²) in [5.41, 5.74) is 5.93. The van der Waals surface area contributed by atoms with Gasteiger partial charge in [-0.05, 0) is 30.0 Å². The van der Waals surface area contributed by atoms with E-state index in [9.17, 15) is 4.79 Å². The fraction of sp³-hybridized carbons (Fsp3) is 0.235. The van der Waals surface area contributed by atoms with Crippen molar-refractivity contribution in [2.24, 2.45) is 0 Å². The Bertz CT molecular complexity index is 1770. The Morgan fingerprint density at radius 1 is 0.875 bits per heavy atom. The number of carbonyl (C=O) groups excluding carboxylic acids is 1. The molecule has 5 aromatic rings. The van der Waals surface area contributed by atoms with Crippen molar-refractivity contribution in [2.75, 3.05) is 0 Å². The number of rotatable bonds is 2. The maximum atomic E-state index is 10.0. The van der Waals surface area contributed by atoms with Gasteiger partial charge in [-0.1, -0.05) is 98.3 Å². The van der Waals surface area contributed by atoms with Gasteiger partial charge >= 0.3 is 0 Å². The molecule has 0 saturated carbocycles. The zero-order valence-corrected chi connectivity index (χ0v) is 25.9. The summed E-state index contributed by atoms with van der Waals surface area (Å²) in [5, 5.41) is 13.0. The van der Waals surface area contributed by atoms with Gasteiger partial charge in [0, 0.05) is 55.9 Å². The Labute approximate surface area is 248 Å². The molecule has 40 heavy (non-hydrogen) atoms. The molecule has 1 aliphatic rings. The molecule has 6 rings (SSSR count). The van der Waals surface area contributed by atoms with Crippen LogP contribution in [0, 0.1) is 6.07 Å². The van der Waals surface area contributed by atoms with Gasteiger partial charge in [0.15, 0.2) is 5.78 Å². The summed E-state index contributed by atoms with van der Waals surface area (Å²) in [6.45, 7) is 12.1. The Morgan fingerprint density at radius 3 is 2.20 bits per heavy atom. The third-order valence-corrected chi connectivity index (χ3v) is 7.97. The van der Waals surface area contributed by atoms with Gasteiger partial charge in [-0.2, -0.15) is 0 Å². The van der Waals surface area contributed by atoms with Gasteiger partial charge in [0.05, 0.1) is 17.1 Å². The maximum Gasteiger partial charge on any atom is 0.155 e. The van der Waals surface area contributed by atoms with Crippen LogP contribution in [0.25, 0.3) is 44.1 Å². The van der Waals surface area contributed by atoms with E-state index in [0.29, 0.717) is 0 Å². The molecule has 205 valence electrons. The number of hydrogen-bond donors (Lipinski definition) is 1. The summed E-state index contributed by atoms with van der Waals surface area (Å²) in [6, 6.07) is 22.8. The molecule has 0 unspecified atom stereocenters. The molecule has 2 heterocycles. The normalized spacial score (nSPS) is 14.8. The number of carbonyl (C=O) groups is 1. The minimum atomic E-state index is -0.193. The monoisotopic (exact) mass is 707 g/mol. The molecule has 1 N–H and O–H groups in total. The molecule has 2 aromatic heterocycles. The average molecular weight is 707 g/mol. The van der Waals surface area contributed by atoms with Gasteiger partial charge in [-0.3, -0.25) is 19.7 Å². The van der Waals surface area contributed by atoms with E-state index >= 15 is 0 Å². The number of benzene rings is 3. The first-order chi connectivity index (χ1) is 18.5. The Hall–Kier alpha value is -3.73. The molecule has 3 aromatic carbocycles. The first-order valence-electron chi connectivity index (χ1n) is 13.1. The van der Waals surface area contributed by atoms with E-state index in [-0.39, 0.29) is 42.5 Å². The minimum Gasteiger partial charge on any atom is -0.512 e. The number of aliphatic hydroxyl groups excluding tert-OH is 1. The third kappa shape index (κ3) is 4.98. The summed E-state index contributed by atoms with van der Waals surface area (Å²) >= 11 is 0. The average Bonchev–Trinajstić information content (AvgIpc) is 2.90. The van der Waals surface area contributed by atoms with Gasteiger partial charge in [-0.25, -0.2) is 0 Å². The number of aromatic nitrogens is 3. The van der Waals surface area contributed by atoms with E-state index in [1.54, 1.807) is 12.4 Å². The second kappa shape index (κ2) is 11.0. The van der Waals surface area contributed by atoms with Crippen molar-refractivity contribution < 1.29 is 30.0 Å².